The zero-order chi connectivity index (χ0) is 24.0. The number of hydrogen-bond acceptors (Lipinski definition) is 10. The number of anilines is 1. The summed E-state index contributed by atoms with van der Waals surface area (Å²) in [6, 6.07) is 0.238. The zero-order valence-electron chi connectivity index (χ0n) is 17.1. The highest BCUT2D eigenvalue weighted by Crippen LogP contribution is 2.55. The van der Waals surface area contributed by atoms with Crippen LogP contribution >= 0.6 is 26.8 Å². The highest BCUT2D eigenvalue weighted by atomic mass is 35.5. The summed E-state index contributed by atoms with van der Waals surface area (Å²) >= 11 is 6.03. The highest BCUT2D eigenvalue weighted by Gasteiger charge is 2.45. The van der Waals surface area contributed by atoms with Gasteiger partial charge in [-0.3, -0.25) is 9.13 Å². The van der Waals surface area contributed by atoms with Crippen molar-refractivity contribution < 1.29 is 43.3 Å². The van der Waals surface area contributed by atoms with E-state index in [-0.39, 0.29) is 17.0 Å². The quantitative estimate of drug-likeness (QED) is 0.207. The number of hydrogen-bond donors (Lipinski definition) is 6. The average molecular weight is 528 g/mol. The fourth-order valence-corrected chi connectivity index (χ4v) is 6.68. The molecule has 1 aliphatic carbocycles. The molecule has 2 aromatic heterocycles. The molecule has 14 nitrogen and oxygen atoms in total. The lowest BCUT2D eigenvalue weighted by Gasteiger charge is -2.18. The molecule has 2 aliphatic rings. The van der Waals surface area contributed by atoms with Gasteiger partial charge in [-0.15, -0.1) is 5.10 Å². The molecular weight excluding hydrogens is 504 g/mol. The van der Waals surface area contributed by atoms with Crippen LogP contribution in [0.25, 0.3) is 11.0 Å². The van der Waals surface area contributed by atoms with Crippen molar-refractivity contribution in [3.8, 4) is 0 Å². The van der Waals surface area contributed by atoms with E-state index in [9.17, 15) is 24.2 Å². The van der Waals surface area contributed by atoms with E-state index in [0.717, 1.165) is 25.7 Å². The molecule has 2 aromatic rings. The molecule has 184 valence electrons. The van der Waals surface area contributed by atoms with Crippen LogP contribution in [-0.2, 0) is 18.4 Å². The third kappa shape index (κ3) is 5.91. The third-order valence-electron chi connectivity index (χ3n) is 5.47. The number of aromatic nitrogens is 4. The molecule has 4 rings (SSSR count). The third-order valence-corrected chi connectivity index (χ3v) is 9.09. The Morgan fingerprint density at radius 1 is 1.18 bits per heavy atom. The minimum absolute atomic E-state index is 0.0174. The molecule has 6 N–H and O–H groups in total. The van der Waals surface area contributed by atoms with Crippen LogP contribution in [0.2, 0.25) is 5.28 Å². The molecular formula is C16H24ClN5O9P2. The fraction of sp³-hybridized carbons (Fsp3) is 0.688. The van der Waals surface area contributed by atoms with Crippen LogP contribution < -0.4 is 5.32 Å². The molecule has 1 saturated carbocycles. The Balaban J connectivity index is 1.51. The van der Waals surface area contributed by atoms with Crippen molar-refractivity contribution in [3.63, 3.8) is 0 Å². The Bertz CT molecular complexity index is 1110. The van der Waals surface area contributed by atoms with Gasteiger partial charge < -0.3 is 39.5 Å². The first-order chi connectivity index (χ1) is 15.4. The van der Waals surface area contributed by atoms with E-state index in [2.05, 4.69) is 20.4 Å². The smallest absolute Gasteiger partial charge is 0.340 e. The van der Waals surface area contributed by atoms with Gasteiger partial charge in [0.15, 0.2) is 17.8 Å². The van der Waals surface area contributed by atoms with E-state index >= 15 is 0 Å². The summed E-state index contributed by atoms with van der Waals surface area (Å²) in [6.45, 7) is -0.691. The number of fused-ring (bicyclic) bond motifs is 1. The molecule has 33 heavy (non-hydrogen) atoms. The summed E-state index contributed by atoms with van der Waals surface area (Å²) in [5.41, 5.74) is 0.238. The molecule has 0 radical (unpaired) electrons. The minimum atomic E-state index is -4.81. The van der Waals surface area contributed by atoms with Crippen molar-refractivity contribution in [2.24, 2.45) is 0 Å². The largest absolute Gasteiger partial charge is 0.387 e. The standard InChI is InChI=1S/C16H24ClN5O9P2/c17-16-19-13(18-8-3-1-2-4-8)9-5-22(21-14(9)20-16)15-12(24)11(23)10(31-15)6-30-33(28,29)7-32(25,26)27/h5,8,10-12,15,23-24H,1-4,6-7H2,(H,28,29)(H2,25,26,27)(H,18,19,20,21)/t10-,11-,12-,15-/m1/s1. The lowest BCUT2D eigenvalue weighted by molar-refractivity contribution is -0.0558. The van der Waals surface area contributed by atoms with Gasteiger partial charge >= 0.3 is 15.2 Å². The first-order valence-electron chi connectivity index (χ1n) is 10.1. The van der Waals surface area contributed by atoms with Crippen molar-refractivity contribution in [1.82, 2.24) is 19.7 Å². The van der Waals surface area contributed by atoms with E-state index < -0.39 is 52.2 Å². The fourth-order valence-electron chi connectivity index (χ4n) is 3.95. The molecule has 2 fully saturated rings. The Morgan fingerprint density at radius 3 is 2.55 bits per heavy atom. The van der Waals surface area contributed by atoms with Gasteiger partial charge in [0.25, 0.3) is 0 Å². The first-order valence-corrected chi connectivity index (χ1v) is 14.1. The van der Waals surface area contributed by atoms with E-state index in [1.807, 2.05) is 0 Å². The normalized spacial score (nSPS) is 28.4. The zero-order valence-corrected chi connectivity index (χ0v) is 19.7. The van der Waals surface area contributed by atoms with Crippen molar-refractivity contribution in [2.75, 3.05) is 17.8 Å². The molecule has 0 aromatic carbocycles. The van der Waals surface area contributed by atoms with Crippen LogP contribution in [0.3, 0.4) is 0 Å². The number of halogens is 1. The van der Waals surface area contributed by atoms with E-state index in [1.54, 1.807) is 0 Å². The number of aliphatic hydroxyl groups excluding tert-OH is 2. The minimum Gasteiger partial charge on any atom is -0.387 e. The number of rotatable bonds is 8. The van der Waals surface area contributed by atoms with Crippen LogP contribution in [0, 0.1) is 0 Å². The van der Waals surface area contributed by atoms with Gasteiger partial charge in [0.05, 0.1) is 12.0 Å². The van der Waals surface area contributed by atoms with E-state index in [0.29, 0.717) is 11.2 Å². The molecule has 1 aliphatic heterocycles. The maximum atomic E-state index is 11.8. The van der Waals surface area contributed by atoms with Crippen LogP contribution in [0.1, 0.15) is 31.9 Å². The summed E-state index contributed by atoms with van der Waals surface area (Å²) in [6.07, 6.45) is 0.261. The second kappa shape index (κ2) is 9.46. The Morgan fingerprint density at radius 2 is 1.88 bits per heavy atom. The molecule has 0 amide bonds. The SMILES string of the molecule is O=P(O)(O)CP(=O)(O)OC[C@H]1O[C@@H](n2cc3c(NC4CCCC4)nc(Cl)nc3n2)[C@H](O)[C@@H]1O. The summed E-state index contributed by atoms with van der Waals surface area (Å²) in [7, 11) is -9.46. The van der Waals surface area contributed by atoms with Crippen molar-refractivity contribution in [1.29, 1.82) is 0 Å². The second-order valence-corrected chi connectivity index (χ2v) is 12.4. The van der Waals surface area contributed by atoms with Gasteiger partial charge in [-0.2, -0.15) is 9.97 Å². The topological polar surface area (TPSA) is 209 Å². The molecule has 17 heteroatoms. The second-order valence-electron chi connectivity index (χ2n) is 8.10. The van der Waals surface area contributed by atoms with E-state index in [1.165, 1.54) is 10.9 Å². The number of aliphatic hydroxyl groups is 2. The van der Waals surface area contributed by atoms with Gasteiger partial charge in [0.2, 0.25) is 5.28 Å². The van der Waals surface area contributed by atoms with Crippen LogP contribution in [-0.4, -0.2) is 81.5 Å². The van der Waals surface area contributed by atoms with Crippen molar-refractivity contribution in [2.45, 2.75) is 56.3 Å². The lowest BCUT2D eigenvalue weighted by atomic mass is 10.1. The first kappa shape index (κ1) is 24.9. The maximum absolute atomic E-state index is 11.8. The highest BCUT2D eigenvalue weighted by molar-refractivity contribution is 7.70. The summed E-state index contributed by atoms with van der Waals surface area (Å²) in [5.74, 6) is -0.898. The lowest BCUT2D eigenvalue weighted by Crippen LogP contribution is -2.33. The molecule has 1 unspecified atom stereocenters. The molecule has 3 heterocycles. The number of ether oxygens (including phenoxy) is 1. The van der Waals surface area contributed by atoms with Gasteiger partial charge in [-0.25, -0.2) is 4.68 Å². The van der Waals surface area contributed by atoms with Gasteiger partial charge in [-0.1, -0.05) is 12.8 Å². The molecule has 1 saturated heterocycles. The average Bonchev–Trinajstić information content (AvgIpc) is 3.40. The van der Waals surface area contributed by atoms with Crippen LogP contribution in [0.5, 0.6) is 0 Å². The predicted molar refractivity (Wildman–Crippen MR) is 115 cm³/mol. The van der Waals surface area contributed by atoms with Gasteiger partial charge in [0, 0.05) is 12.2 Å². The number of nitrogens with one attached hydrogen (secondary N) is 1. The summed E-state index contributed by atoms with van der Waals surface area (Å²) in [5, 5.41) is 28.9. The summed E-state index contributed by atoms with van der Waals surface area (Å²) in [4.78, 5) is 35.7. The number of nitrogens with zero attached hydrogens (tertiary/aromatic N) is 4. The molecule has 5 atom stereocenters. The Hall–Kier alpha value is -1.18. The summed E-state index contributed by atoms with van der Waals surface area (Å²) < 4.78 is 34.3. The van der Waals surface area contributed by atoms with Crippen molar-refractivity contribution >= 4 is 43.6 Å². The van der Waals surface area contributed by atoms with Crippen LogP contribution in [0.4, 0.5) is 5.82 Å². The predicted octanol–water partition coefficient (Wildman–Crippen LogP) is 0.791. The molecule has 0 spiro atoms. The maximum Gasteiger partial charge on any atom is 0.340 e. The van der Waals surface area contributed by atoms with Gasteiger partial charge in [-0.05, 0) is 24.4 Å². The Labute approximate surface area is 192 Å². The van der Waals surface area contributed by atoms with E-state index in [4.69, 9.17) is 30.6 Å². The molecule has 0 bridgehead atoms. The monoisotopic (exact) mass is 527 g/mol. The van der Waals surface area contributed by atoms with Gasteiger partial charge in [0.1, 0.15) is 24.1 Å². The van der Waals surface area contributed by atoms with Crippen LogP contribution in [0.15, 0.2) is 6.20 Å². The Kier molecular flexibility index (Phi) is 7.15. The van der Waals surface area contributed by atoms with Crippen molar-refractivity contribution in [3.05, 3.63) is 11.5 Å².